The molecule has 41 heavy (non-hydrogen) atoms. The van der Waals surface area contributed by atoms with Crippen molar-refractivity contribution in [1.82, 2.24) is 35.1 Å². The van der Waals surface area contributed by atoms with E-state index in [-0.39, 0.29) is 10.7 Å². The number of fused-ring (bicyclic) bond motifs is 3. The van der Waals surface area contributed by atoms with Crippen LogP contribution in [-0.2, 0) is 4.74 Å². The van der Waals surface area contributed by atoms with Crippen LogP contribution in [0.4, 0.5) is 10.2 Å². The molecule has 0 unspecified atom stereocenters. The SMILES string of the molecule is COCCOc1cc(-c2ccc(N3CCC(C)(NC(=O)c4ncc(F)cc4Cl)CC3)nc2)c2c3cn[nH]c3nn2c1. The molecule has 1 aliphatic rings. The highest BCUT2D eigenvalue weighted by molar-refractivity contribution is 6.33. The molecule has 0 aliphatic carbocycles. The molecule has 5 aromatic rings. The number of nitrogens with one attached hydrogen (secondary N) is 2. The second kappa shape index (κ2) is 10.9. The lowest BCUT2D eigenvalue weighted by molar-refractivity contribution is 0.0886. The first kappa shape index (κ1) is 26.9. The summed E-state index contributed by atoms with van der Waals surface area (Å²) in [6.45, 7) is 4.27. The van der Waals surface area contributed by atoms with Crippen molar-refractivity contribution in [2.45, 2.75) is 25.3 Å². The minimum absolute atomic E-state index is 0.0124. The molecule has 1 saturated heterocycles. The van der Waals surface area contributed by atoms with Crippen LogP contribution < -0.4 is 15.0 Å². The maximum atomic E-state index is 13.3. The van der Waals surface area contributed by atoms with Gasteiger partial charge in [0.15, 0.2) is 5.65 Å². The summed E-state index contributed by atoms with van der Waals surface area (Å²) in [5, 5.41) is 15.6. The highest BCUT2D eigenvalue weighted by Gasteiger charge is 2.33. The average Bonchev–Trinajstić information content (AvgIpc) is 3.54. The first-order valence-electron chi connectivity index (χ1n) is 13.2. The Morgan fingerprint density at radius 3 is 2.73 bits per heavy atom. The maximum Gasteiger partial charge on any atom is 0.271 e. The topological polar surface area (TPSA) is 123 Å². The number of nitrogens with zero attached hydrogens (tertiary/aromatic N) is 6. The molecule has 6 heterocycles. The molecule has 5 aromatic heterocycles. The molecule has 1 amide bonds. The van der Waals surface area contributed by atoms with Gasteiger partial charge in [0.25, 0.3) is 5.91 Å². The fraction of sp³-hybridized carbons (Fsp3) is 0.321. The van der Waals surface area contributed by atoms with Gasteiger partial charge in [-0.25, -0.2) is 18.9 Å². The first-order valence-corrected chi connectivity index (χ1v) is 13.5. The Bertz CT molecular complexity index is 1710. The van der Waals surface area contributed by atoms with Crippen molar-refractivity contribution in [1.29, 1.82) is 0 Å². The minimum Gasteiger partial charge on any atom is -0.490 e. The predicted octanol–water partition coefficient (Wildman–Crippen LogP) is 4.27. The molecule has 0 saturated carbocycles. The van der Waals surface area contributed by atoms with Crippen LogP contribution in [0.2, 0.25) is 5.02 Å². The summed E-state index contributed by atoms with van der Waals surface area (Å²) < 4.78 is 26.1. The van der Waals surface area contributed by atoms with Gasteiger partial charge in [-0.3, -0.25) is 9.89 Å². The molecular formula is C28H28ClFN8O3. The van der Waals surface area contributed by atoms with Gasteiger partial charge in [-0.2, -0.15) is 5.10 Å². The Morgan fingerprint density at radius 1 is 1.17 bits per heavy atom. The van der Waals surface area contributed by atoms with Crippen molar-refractivity contribution in [3.63, 3.8) is 0 Å². The van der Waals surface area contributed by atoms with E-state index in [4.69, 9.17) is 26.1 Å². The molecule has 2 N–H and O–H groups in total. The van der Waals surface area contributed by atoms with Crippen molar-refractivity contribution in [3.05, 3.63) is 65.6 Å². The van der Waals surface area contributed by atoms with Crippen LogP contribution in [0.25, 0.3) is 27.7 Å². The van der Waals surface area contributed by atoms with E-state index < -0.39 is 17.3 Å². The number of hydrogen-bond donors (Lipinski definition) is 2. The number of ether oxygens (including phenoxy) is 2. The number of carbonyl (C=O) groups is 1. The summed E-state index contributed by atoms with van der Waals surface area (Å²) in [6, 6.07) is 7.10. The zero-order chi connectivity index (χ0) is 28.6. The smallest absolute Gasteiger partial charge is 0.271 e. The van der Waals surface area contributed by atoms with Crippen LogP contribution in [0.15, 0.2) is 49.1 Å². The van der Waals surface area contributed by atoms with Crippen LogP contribution in [0.1, 0.15) is 30.3 Å². The van der Waals surface area contributed by atoms with E-state index in [0.29, 0.717) is 50.5 Å². The van der Waals surface area contributed by atoms with Crippen LogP contribution in [-0.4, -0.2) is 74.6 Å². The number of pyridine rings is 3. The largest absolute Gasteiger partial charge is 0.490 e. The molecule has 0 aromatic carbocycles. The van der Waals surface area contributed by atoms with Gasteiger partial charge in [0.05, 0.1) is 41.1 Å². The van der Waals surface area contributed by atoms with Gasteiger partial charge in [-0.15, -0.1) is 5.10 Å². The third-order valence-corrected chi connectivity index (χ3v) is 7.63. The summed E-state index contributed by atoms with van der Waals surface area (Å²) in [4.78, 5) is 23.6. The summed E-state index contributed by atoms with van der Waals surface area (Å²) >= 11 is 6.03. The van der Waals surface area contributed by atoms with E-state index in [0.717, 1.165) is 40.1 Å². The molecule has 13 heteroatoms. The average molecular weight is 579 g/mol. The number of aromatic nitrogens is 6. The van der Waals surface area contributed by atoms with E-state index in [2.05, 4.69) is 30.5 Å². The number of methoxy groups -OCH3 is 1. The zero-order valence-electron chi connectivity index (χ0n) is 22.5. The zero-order valence-corrected chi connectivity index (χ0v) is 23.3. The van der Waals surface area contributed by atoms with E-state index in [1.165, 1.54) is 0 Å². The second-order valence-corrected chi connectivity index (χ2v) is 10.7. The Balaban J connectivity index is 1.18. The Labute approximate surface area is 239 Å². The molecular weight excluding hydrogens is 551 g/mol. The van der Waals surface area contributed by atoms with E-state index in [1.807, 2.05) is 37.5 Å². The van der Waals surface area contributed by atoms with Gasteiger partial charge >= 0.3 is 0 Å². The Hall–Kier alpha value is -4.29. The summed E-state index contributed by atoms with van der Waals surface area (Å²) in [5.74, 6) is 0.508. The van der Waals surface area contributed by atoms with Crippen LogP contribution in [0.3, 0.4) is 0 Å². The van der Waals surface area contributed by atoms with Gasteiger partial charge in [0, 0.05) is 43.1 Å². The molecule has 212 valence electrons. The lowest BCUT2D eigenvalue weighted by Crippen LogP contribution is -2.53. The molecule has 0 atom stereocenters. The number of amides is 1. The van der Waals surface area contributed by atoms with E-state index in [1.54, 1.807) is 17.8 Å². The number of piperidine rings is 1. The Kier molecular flexibility index (Phi) is 7.18. The van der Waals surface area contributed by atoms with E-state index in [9.17, 15) is 9.18 Å². The van der Waals surface area contributed by atoms with Gasteiger partial charge in [0.2, 0.25) is 0 Å². The fourth-order valence-corrected chi connectivity index (χ4v) is 5.32. The van der Waals surface area contributed by atoms with Crippen LogP contribution in [0.5, 0.6) is 5.75 Å². The number of anilines is 1. The third-order valence-electron chi connectivity index (χ3n) is 7.35. The summed E-state index contributed by atoms with van der Waals surface area (Å²) in [7, 11) is 1.63. The van der Waals surface area contributed by atoms with Crippen molar-refractivity contribution in [3.8, 4) is 16.9 Å². The first-order chi connectivity index (χ1) is 19.8. The molecule has 1 aliphatic heterocycles. The molecule has 0 bridgehead atoms. The van der Waals surface area contributed by atoms with Crippen molar-refractivity contribution in [2.24, 2.45) is 0 Å². The third kappa shape index (κ3) is 5.40. The highest BCUT2D eigenvalue weighted by atomic mass is 35.5. The number of carbonyl (C=O) groups excluding carboxylic acids is 1. The quantitative estimate of drug-likeness (QED) is 0.262. The van der Waals surface area contributed by atoms with Crippen molar-refractivity contribution >= 4 is 39.9 Å². The van der Waals surface area contributed by atoms with Gasteiger partial charge in [0.1, 0.15) is 29.7 Å². The predicted molar refractivity (Wildman–Crippen MR) is 152 cm³/mol. The van der Waals surface area contributed by atoms with Crippen molar-refractivity contribution < 1.29 is 18.7 Å². The van der Waals surface area contributed by atoms with Gasteiger partial charge < -0.3 is 19.7 Å². The van der Waals surface area contributed by atoms with Gasteiger partial charge in [-0.05, 0) is 44.0 Å². The fourth-order valence-electron chi connectivity index (χ4n) is 5.08. The Morgan fingerprint density at radius 2 is 2.00 bits per heavy atom. The lowest BCUT2D eigenvalue weighted by Gasteiger charge is -2.40. The van der Waals surface area contributed by atoms with Crippen molar-refractivity contribution in [2.75, 3.05) is 38.3 Å². The standard InChI is InChI=1S/C28H28ClFN8O3/c1-28(34-27(39)24-22(29)11-18(30)14-32-24)5-7-37(8-6-28)23-4-3-17(13-31-23)20-12-19(41-10-9-40-2)16-38-25(20)21-15-33-35-26(21)36-38/h3-4,11-16H,5-10H2,1-2H3,(H,34,39)(H,35,36). The van der Waals surface area contributed by atoms with Gasteiger partial charge in [-0.1, -0.05) is 11.6 Å². The lowest BCUT2D eigenvalue weighted by atomic mass is 9.89. The number of rotatable bonds is 8. The maximum absolute atomic E-state index is 13.3. The number of H-pyrrole nitrogens is 1. The normalized spacial score (nSPS) is 15.0. The number of aromatic amines is 1. The molecule has 11 nitrogen and oxygen atoms in total. The van der Waals surface area contributed by atoms with E-state index >= 15 is 0 Å². The molecule has 0 spiro atoms. The molecule has 0 radical (unpaired) electrons. The van der Waals surface area contributed by atoms with Crippen LogP contribution >= 0.6 is 11.6 Å². The summed E-state index contributed by atoms with van der Waals surface area (Å²) in [5.41, 5.74) is 2.98. The summed E-state index contributed by atoms with van der Waals surface area (Å²) in [6.07, 6.45) is 7.82. The monoisotopic (exact) mass is 578 g/mol. The number of halogens is 2. The number of hydrogen-bond acceptors (Lipinski definition) is 8. The molecule has 1 fully saturated rings. The molecule has 6 rings (SSSR count). The highest BCUT2D eigenvalue weighted by Crippen LogP contribution is 2.34. The van der Waals surface area contributed by atoms with Crippen LogP contribution in [0, 0.1) is 5.82 Å². The minimum atomic E-state index is -0.586. The second-order valence-electron chi connectivity index (χ2n) is 10.2.